The first-order valence-electron chi connectivity index (χ1n) is 4.94. The second-order valence-electron chi connectivity index (χ2n) is 3.72. The molecule has 0 saturated heterocycles. The number of benzene rings is 1. The van der Waals surface area contributed by atoms with Gasteiger partial charge in [-0.3, -0.25) is 0 Å². The molecule has 0 aromatic heterocycles. The maximum Gasteiger partial charge on any atom is 0.235 e. The molecule has 1 aromatic carbocycles. The molecule has 2 nitrogen and oxygen atoms in total. The van der Waals surface area contributed by atoms with E-state index in [-0.39, 0.29) is 0 Å². The smallest absolute Gasteiger partial charge is 0.235 e. The van der Waals surface area contributed by atoms with Crippen LogP contribution in [0.15, 0.2) is 24.3 Å². The molecule has 0 spiro atoms. The second kappa shape index (κ2) is 5.05. The fraction of sp³-hybridized carbons (Fsp3) is 0.455. The molecule has 0 heterocycles. The zero-order valence-corrected chi connectivity index (χ0v) is 10.4. The Bertz CT molecular complexity index is 286. The summed E-state index contributed by atoms with van der Waals surface area (Å²) in [4.78, 5) is 0. The van der Waals surface area contributed by atoms with E-state index in [1.165, 1.54) is 0 Å². The molecule has 0 saturated carbocycles. The molecule has 1 unspecified atom stereocenters. The lowest BCUT2D eigenvalue weighted by Crippen LogP contribution is -2.21. The van der Waals surface area contributed by atoms with Crippen LogP contribution in [0.1, 0.15) is 13.8 Å². The fourth-order valence-corrected chi connectivity index (χ4v) is 1.92. The van der Waals surface area contributed by atoms with E-state index < -0.39 is 9.04 Å². The fourth-order valence-electron chi connectivity index (χ4n) is 1.05. The number of ether oxygens (including phenoxy) is 1. The Labute approximate surface area is 87.6 Å². The summed E-state index contributed by atoms with van der Waals surface area (Å²) < 4.78 is 11.1. The monoisotopic (exact) mass is 210 g/mol. The summed E-state index contributed by atoms with van der Waals surface area (Å²) in [5.74, 6) is 1.70. The van der Waals surface area contributed by atoms with E-state index in [1.807, 2.05) is 24.3 Å². The Kier molecular flexibility index (Phi) is 4.01. The summed E-state index contributed by atoms with van der Waals surface area (Å²) in [6.07, 6.45) is 0. The molecular weight excluding hydrogens is 192 g/mol. The van der Waals surface area contributed by atoms with Crippen molar-refractivity contribution < 1.29 is 9.16 Å². The molecule has 0 aliphatic carbocycles. The highest BCUT2D eigenvalue weighted by molar-refractivity contribution is 6.52. The summed E-state index contributed by atoms with van der Waals surface area (Å²) in [6.45, 7) is 6.61. The van der Waals surface area contributed by atoms with E-state index >= 15 is 0 Å². The predicted molar refractivity (Wildman–Crippen MR) is 61.7 cm³/mol. The van der Waals surface area contributed by atoms with Crippen LogP contribution < -0.4 is 9.16 Å². The minimum absolute atomic E-state index is 0.639. The van der Waals surface area contributed by atoms with Gasteiger partial charge in [0.15, 0.2) is 5.75 Å². The van der Waals surface area contributed by atoms with Gasteiger partial charge in [-0.25, -0.2) is 0 Å². The van der Waals surface area contributed by atoms with Gasteiger partial charge in [-0.15, -0.1) is 0 Å². The van der Waals surface area contributed by atoms with Gasteiger partial charge in [-0.2, -0.15) is 0 Å². The average Bonchev–Trinajstić information content (AvgIpc) is 2.18. The van der Waals surface area contributed by atoms with Crippen LogP contribution in [0.4, 0.5) is 0 Å². The highest BCUT2D eigenvalue weighted by Crippen LogP contribution is 2.27. The highest BCUT2D eigenvalue weighted by atomic mass is 28.3. The zero-order chi connectivity index (χ0) is 10.6. The van der Waals surface area contributed by atoms with Crippen LogP contribution in [0, 0.1) is 0 Å². The van der Waals surface area contributed by atoms with Crippen LogP contribution in [0.25, 0.3) is 0 Å². The van der Waals surface area contributed by atoms with Crippen molar-refractivity contribution in [3.05, 3.63) is 24.3 Å². The first-order valence-corrected chi connectivity index (χ1v) is 7.24. The van der Waals surface area contributed by atoms with Gasteiger partial charge in [-0.05, 0) is 24.2 Å². The van der Waals surface area contributed by atoms with Crippen LogP contribution in [0.3, 0.4) is 0 Å². The largest absolute Gasteiger partial charge is 0.544 e. The van der Waals surface area contributed by atoms with Crippen LogP contribution in [-0.2, 0) is 0 Å². The molecule has 0 N–H and O–H groups in total. The van der Waals surface area contributed by atoms with Gasteiger partial charge in [0.25, 0.3) is 0 Å². The Balaban J connectivity index is 2.75. The first kappa shape index (κ1) is 11.1. The van der Waals surface area contributed by atoms with Crippen molar-refractivity contribution in [1.82, 2.24) is 0 Å². The number of para-hydroxylation sites is 2. The van der Waals surface area contributed by atoms with Crippen LogP contribution in [0.5, 0.6) is 11.5 Å². The lowest BCUT2D eigenvalue weighted by Gasteiger charge is -2.18. The SMILES string of the molecule is COc1ccccc1O[SiH](C)C(C)C. The topological polar surface area (TPSA) is 18.5 Å². The summed E-state index contributed by atoms with van der Waals surface area (Å²) in [6, 6.07) is 7.81. The van der Waals surface area contributed by atoms with Gasteiger partial charge in [0.1, 0.15) is 5.75 Å². The Morgan fingerprint density at radius 3 is 2.21 bits per heavy atom. The van der Waals surface area contributed by atoms with Gasteiger partial charge in [0.05, 0.1) is 7.11 Å². The molecule has 0 fully saturated rings. The van der Waals surface area contributed by atoms with E-state index in [9.17, 15) is 0 Å². The number of methoxy groups -OCH3 is 1. The van der Waals surface area contributed by atoms with Crippen molar-refractivity contribution in [1.29, 1.82) is 0 Å². The van der Waals surface area contributed by atoms with E-state index in [2.05, 4.69) is 20.4 Å². The van der Waals surface area contributed by atoms with E-state index in [1.54, 1.807) is 7.11 Å². The molecule has 1 atom stereocenters. The molecule has 0 radical (unpaired) electrons. The van der Waals surface area contributed by atoms with Crippen molar-refractivity contribution >= 4 is 9.04 Å². The molecule has 1 aromatic rings. The van der Waals surface area contributed by atoms with Crippen LogP contribution >= 0.6 is 0 Å². The maximum absolute atomic E-state index is 5.91. The summed E-state index contributed by atoms with van der Waals surface area (Å²) in [5.41, 5.74) is 0.639. The third-order valence-corrected chi connectivity index (χ3v) is 4.82. The number of hydrogen-bond acceptors (Lipinski definition) is 2. The van der Waals surface area contributed by atoms with E-state index in [4.69, 9.17) is 9.16 Å². The lowest BCUT2D eigenvalue weighted by molar-refractivity contribution is 0.393. The third-order valence-electron chi connectivity index (χ3n) is 2.32. The second-order valence-corrected chi connectivity index (χ2v) is 6.70. The third kappa shape index (κ3) is 2.77. The standard InChI is InChI=1S/C11H18O2Si/c1-9(2)14(4)13-11-8-6-5-7-10(11)12-3/h5-9,14H,1-4H3. The minimum atomic E-state index is -1.12. The normalized spacial score (nSPS) is 12.6. The van der Waals surface area contributed by atoms with Gasteiger partial charge in [-0.1, -0.05) is 26.0 Å². The molecule has 0 aliphatic heterocycles. The highest BCUT2D eigenvalue weighted by Gasteiger charge is 2.13. The van der Waals surface area contributed by atoms with E-state index in [0.717, 1.165) is 11.5 Å². The summed E-state index contributed by atoms with van der Waals surface area (Å²) in [7, 11) is 0.546. The first-order chi connectivity index (χ1) is 6.65. The molecule has 0 aliphatic rings. The van der Waals surface area contributed by atoms with Crippen molar-refractivity contribution in [2.75, 3.05) is 7.11 Å². The van der Waals surface area contributed by atoms with Crippen molar-refractivity contribution in [2.45, 2.75) is 25.9 Å². The summed E-state index contributed by atoms with van der Waals surface area (Å²) in [5, 5.41) is 0. The predicted octanol–water partition coefficient (Wildman–Crippen LogP) is 2.84. The van der Waals surface area contributed by atoms with Crippen molar-refractivity contribution in [3.8, 4) is 11.5 Å². The van der Waals surface area contributed by atoms with Crippen LogP contribution in [0.2, 0.25) is 12.1 Å². The van der Waals surface area contributed by atoms with Gasteiger partial charge in [0, 0.05) is 0 Å². The zero-order valence-electron chi connectivity index (χ0n) is 9.28. The minimum Gasteiger partial charge on any atom is -0.544 e. The van der Waals surface area contributed by atoms with Crippen molar-refractivity contribution in [2.24, 2.45) is 0 Å². The molecule has 3 heteroatoms. The molecule has 78 valence electrons. The molecule has 14 heavy (non-hydrogen) atoms. The van der Waals surface area contributed by atoms with Crippen LogP contribution in [-0.4, -0.2) is 16.2 Å². The molecule has 0 bridgehead atoms. The quantitative estimate of drug-likeness (QED) is 0.711. The Morgan fingerprint density at radius 1 is 1.14 bits per heavy atom. The maximum atomic E-state index is 5.91. The average molecular weight is 210 g/mol. The van der Waals surface area contributed by atoms with Gasteiger partial charge < -0.3 is 9.16 Å². The number of hydrogen-bond donors (Lipinski definition) is 0. The number of rotatable bonds is 4. The lowest BCUT2D eigenvalue weighted by atomic mass is 10.3. The van der Waals surface area contributed by atoms with E-state index in [0.29, 0.717) is 5.54 Å². The summed E-state index contributed by atoms with van der Waals surface area (Å²) >= 11 is 0. The Hall–Kier alpha value is -0.963. The van der Waals surface area contributed by atoms with Gasteiger partial charge >= 0.3 is 0 Å². The molecular formula is C11H18O2Si. The van der Waals surface area contributed by atoms with Gasteiger partial charge in [0.2, 0.25) is 9.04 Å². The molecule has 1 rings (SSSR count). The Morgan fingerprint density at radius 2 is 1.71 bits per heavy atom. The van der Waals surface area contributed by atoms with Crippen molar-refractivity contribution in [3.63, 3.8) is 0 Å². The molecule has 0 amide bonds.